The number of aromatic nitrogens is 4. The molecule has 2 heterocycles. The molecule has 8 nitrogen and oxygen atoms in total. The summed E-state index contributed by atoms with van der Waals surface area (Å²) >= 11 is 0. The van der Waals surface area contributed by atoms with E-state index in [1.807, 2.05) is 0 Å². The first-order valence-corrected chi connectivity index (χ1v) is 7.21. The Hall–Kier alpha value is -2.48. The Labute approximate surface area is 127 Å². The van der Waals surface area contributed by atoms with Gasteiger partial charge in [-0.05, 0) is 48.0 Å². The highest BCUT2D eigenvalue weighted by Gasteiger charge is 2.21. The Morgan fingerprint density at radius 3 is 3.09 bits per heavy atom. The van der Waals surface area contributed by atoms with Gasteiger partial charge in [-0.2, -0.15) is 4.68 Å². The highest BCUT2D eigenvalue weighted by molar-refractivity contribution is 5.93. The molecule has 1 unspecified atom stereocenters. The second-order valence-corrected chi connectivity index (χ2v) is 5.17. The van der Waals surface area contributed by atoms with Crippen molar-refractivity contribution in [1.82, 2.24) is 25.5 Å². The van der Waals surface area contributed by atoms with Crippen LogP contribution in [-0.2, 0) is 4.79 Å². The average Bonchev–Trinajstić information content (AvgIpc) is 3.10. The Kier molecular flexibility index (Phi) is 4.29. The summed E-state index contributed by atoms with van der Waals surface area (Å²) in [6.07, 6.45) is 3.42. The number of tetrazole rings is 1. The van der Waals surface area contributed by atoms with Gasteiger partial charge < -0.3 is 15.4 Å². The van der Waals surface area contributed by atoms with Crippen LogP contribution >= 0.6 is 0 Å². The molecular weight excluding hydrogens is 284 g/mol. The minimum Gasteiger partial charge on any atom is -0.494 e. The molecule has 1 aliphatic rings. The molecule has 1 aromatic carbocycles. The van der Waals surface area contributed by atoms with E-state index in [1.165, 1.54) is 11.0 Å². The van der Waals surface area contributed by atoms with E-state index in [2.05, 4.69) is 26.2 Å². The lowest BCUT2D eigenvalue weighted by molar-refractivity contribution is -0.120. The van der Waals surface area contributed by atoms with Crippen molar-refractivity contribution in [3.63, 3.8) is 0 Å². The molecule has 1 aromatic heterocycles. The van der Waals surface area contributed by atoms with Crippen molar-refractivity contribution < 1.29 is 9.53 Å². The van der Waals surface area contributed by atoms with Gasteiger partial charge >= 0.3 is 0 Å². The first-order valence-electron chi connectivity index (χ1n) is 7.21. The first-order chi connectivity index (χ1) is 10.8. The van der Waals surface area contributed by atoms with Gasteiger partial charge in [0.2, 0.25) is 5.91 Å². The first kappa shape index (κ1) is 14.5. The molecule has 3 rings (SSSR count). The summed E-state index contributed by atoms with van der Waals surface area (Å²) in [6, 6.07) is 5.38. The Bertz CT molecular complexity index is 637. The number of nitrogens with zero attached hydrogens (tertiary/aromatic N) is 4. The fraction of sp³-hybridized carbons (Fsp3) is 0.429. The van der Waals surface area contributed by atoms with Gasteiger partial charge in [-0.25, -0.2) is 0 Å². The van der Waals surface area contributed by atoms with Crippen molar-refractivity contribution in [3.05, 3.63) is 24.5 Å². The standard InChI is InChI=1S/C14H18N6O2/c1-22-13-5-4-11(7-12(13)20-9-16-18-19-20)17-14(21)10-3-2-6-15-8-10/h4-5,7,9-10,15H,2-3,6,8H2,1H3,(H,17,21). The highest BCUT2D eigenvalue weighted by Crippen LogP contribution is 2.26. The lowest BCUT2D eigenvalue weighted by atomic mass is 9.99. The monoisotopic (exact) mass is 302 g/mol. The molecule has 0 bridgehead atoms. The van der Waals surface area contributed by atoms with Gasteiger partial charge in [-0.1, -0.05) is 0 Å². The normalized spacial score (nSPS) is 18.0. The van der Waals surface area contributed by atoms with E-state index < -0.39 is 0 Å². The molecule has 1 aliphatic heterocycles. The van der Waals surface area contributed by atoms with Gasteiger partial charge in [-0.3, -0.25) is 4.79 Å². The quantitative estimate of drug-likeness (QED) is 0.859. The molecule has 0 saturated carbocycles. The van der Waals surface area contributed by atoms with Gasteiger partial charge in [0.15, 0.2) is 0 Å². The number of piperidine rings is 1. The third-order valence-corrected chi connectivity index (χ3v) is 3.71. The largest absolute Gasteiger partial charge is 0.494 e. The van der Waals surface area contributed by atoms with Crippen LogP contribution in [0.1, 0.15) is 12.8 Å². The van der Waals surface area contributed by atoms with E-state index in [1.54, 1.807) is 25.3 Å². The molecule has 0 aliphatic carbocycles. The SMILES string of the molecule is COc1ccc(NC(=O)C2CCCNC2)cc1-n1cnnn1. The maximum absolute atomic E-state index is 12.3. The zero-order chi connectivity index (χ0) is 15.4. The molecule has 1 atom stereocenters. The van der Waals surface area contributed by atoms with Crippen LogP contribution in [0.2, 0.25) is 0 Å². The minimum atomic E-state index is 0.00679. The molecule has 2 N–H and O–H groups in total. The summed E-state index contributed by atoms with van der Waals surface area (Å²) in [5.74, 6) is 0.664. The third kappa shape index (κ3) is 3.06. The van der Waals surface area contributed by atoms with Crippen LogP contribution in [0.5, 0.6) is 5.75 Å². The van der Waals surface area contributed by atoms with Crippen LogP contribution in [0.4, 0.5) is 5.69 Å². The summed E-state index contributed by atoms with van der Waals surface area (Å²) in [5.41, 5.74) is 1.37. The van der Waals surface area contributed by atoms with Crippen LogP contribution < -0.4 is 15.4 Å². The number of anilines is 1. The zero-order valence-corrected chi connectivity index (χ0v) is 12.3. The zero-order valence-electron chi connectivity index (χ0n) is 12.3. The Morgan fingerprint density at radius 2 is 2.41 bits per heavy atom. The van der Waals surface area contributed by atoms with Crippen molar-refractivity contribution >= 4 is 11.6 Å². The van der Waals surface area contributed by atoms with Crippen molar-refractivity contribution in [3.8, 4) is 11.4 Å². The number of hydrogen-bond acceptors (Lipinski definition) is 6. The number of ether oxygens (including phenoxy) is 1. The van der Waals surface area contributed by atoms with Gasteiger partial charge in [-0.15, -0.1) is 5.10 Å². The van der Waals surface area contributed by atoms with E-state index in [4.69, 9.17) is 4.74 Å². The summed E-state index contributed by atoms with van der Waals surface area (Å²) in [4.78, 5) is 12.3. The molecule has 1 fully saturated rings. The molecule has 8 heteroatoms. The molecule has 0 radical (unpaired) electrons. The molecule has 116 valence electrons. The predicted octanol–water partition coefficient (Wildman–Crippen LogP) is 0.609. The number of carbonyl (C=O) groups is 1. The summed E-state index contributed by atoms with van der Waals surface area (Å²) < 4.78 is 6.80. The smallest absolute Gasteiger partial charge is 0.228 e. The molecular formula is C14H18N6O2. The predicted molar refractivity (Wildman–Crippen MR) is 79.9 cm³/mol. The third-order valence-electron chi connectivity index (χ3n) is 3.71. The van der Waals surface area contributed by atoms with Crippen molar-refractivity contribution in [1.29, 1.82) is 0 Å². The fourth-order valence-corrected chi connectivity index (χ4v) is 2.54. The average molecular weight is 302 g/mol. The molecule has 1 amide bonds. The molecule has 2 aromatic rings. The maximum atomic E-state index is 12.3. The van der Waals surface area contributed by atoms with E-state index in [0.29, 0.717) is 17.1 Å². The molecule has 0 spiro atoms. The summed E-state index contributed by atoms with van der Waals surface area (Å²) in [5, 5.41) is 17.3. The summed E-state index contributed by atoms with van der Waals surface area (Å²) in [6.45, 7) is 1.71. The van der Waals surface area contributed by atoms with Gasteiger partial charge in [0.05, 0.1) is 13.0 Å². The molecule has 22 heavy (non-hydrogen) atoms. The maximum Gasteiger partial charge on any atom is 0.228 e. The Morgan fingerprint density at radius 1 is 1.50 bits per heavy atom. The lowest BCUT2D eigenvalue weighted by Crippen LogP contribution is -2.37. The summed E-state index contributed by atoms with van der Waals surface area (Å²) in [7, 11) is 1.58. The highest BCUT2D eigenvalue weighted by atomic mass is 16.5. The van der Waals surface area contributed by atoms with Gasteiger partial charge in [0, 0.05) is 12.2 Å². The van der Waals surface area contributed by atoms with E-state index >= 15 is 0 Å². The Balaban J connectivity index is 1.79. The lowest BCUT2D eigenvalue weighted by Gasteiger charge is -2.22. The molecule has 1 saturated heterocycles. The number of carbonyl (C=O) groups excluding carboxylic acids is 1. The second kappa shape index (κ2) is 6.52. The second-order valence-electron chi connectivity index (χ2n) is 5.17. The van der Waals surface area contributed by atoms with Crippen molar-refractivity contribution in [2.75, 3.05) is 25.5 Å². The number of benzene rings is 1. The van der Waals surface area contributed by atoms with Crippen LogP contribution in [-0.4, -0.2) is 46.3 Å². The number of nitrogens with one attached hydrogen (secondary N) is 2. The number of hydrogen-bond donors (Lipinski definition) is 2. The minimum absolute atomic E-state index is 0.00679. The van der Waals surface area contributed by atoms with Crippen LogP contribution in [0.3, 0.4) is 0 Å². The van der Waals surface area contributed by atoms with Crippen molar-refractivity contribution in [2.24, 2.45) is 5.92 Å². The topological polar surface area (TPSA) is 94.0 Å². The van der Waals surface area contributed by atoms with Gasteiger partial charge in [0.1, 0.15) is 17.8 Å². The van der Waals surface area contributed by atoms with Crippen LogP contribution in [0.25, 0.3) is 5.69 Å². The number of methoxy groups -OCH3 is 1. The fourth-order valence-electron chi connectivity index (χ4n) is 2.54. The van der Waals surface area contributed by atoms with E-state index in [-0.39, 0.29) is 11.8 Å². The van der Waals surface area contributed by atoms with E-state index in [0.717, 1.165) is 25.9 Å². The van der Waals surface area contributed by atoms with Crippen molar-refractivity contribution in [2.45, 2.75) is 12.8 Å². The number of rotatable bonds is 4. The van der Waals surface area contributed by atoms with Crippen LogP contribution in [0, 0.1) is 5.92 Å². The van der Waals surface area contributed by atoms with Crippen LogP contribution in [0.15, 0.2) is 24.5 Å². The van der Waals surface area contributed by atoms with Gasteiger partial charge in [0.25, 0.3) is 0 Å². The number of amides is 1. The van der Waals surface area contributed by atoms with E-state index in [9.17, 15) is 4.79 Å².